The second-order valence-electron chi connectivity index (χ2n) is 5.56. The first-order chi connectivity index (χ1) is 12.0. The van der Waals surface area contributed by atoms with Gasteiger partial charge in [-0.3, -0.25) is 4.79 Å². The number of rotatable bonds is 7. The second kappa shape index (κ2) is 8.73. The van der Waals surface area contributed by atoms with Crippen molar-refractivity contribution in [3.63, 3.8) is 0 Å². The third kappa shape index (κ3) is 5.53. The first-order valence-corrected chi connectivity index (χ1v) is 7.92. The van der Waals surface area contributed by atoms with Crippen molar-refractivity contribution < 1.29 is 19.1 Å². The third-order valence-corrected chi connectivity index (χ3v) is 3.47. The molecule has 6 heteroatoms. The summed E-state index contributed by atoms with van der Waals surface area (Å²) in [6.07, 6.45) is 0. The first kappa shape index (κ1) is 18.3. The van der Waals surface area contributed by atoms with E-state index in [0.29, 0.717) is 17.1 Å². The quantitative estimate of drug-likeness (QED) is 0.756. The normalized spacial score (nSPS) is 11.3. The van der Waals surface area contributed by atoms with Gasteiger partial charge in [-0.15, -0.1) is 0 Å². The van der Waals surface area contributed by atoms with Crippen LogP contribution in [0.1, 0.15) is 19.4 Å². The number of nitrogens with one attached hydrogen (secondary N) is 2. The van der Waals surface area contributed by atoms with Crippen LogP contribution < -0.4 is 15.4 Å². The van der Waals surface area contributed by atoms with Gasteiger partial charge in [0.15, 0.2) is 0 Å². The minimum Gasteiger partial charge on any atom is -0.495 e. The molecular weight excluding hydrogens is 320 g/mol. The van der Waals surface area contributed by atoms with E-state index in [1.807, 2.05) is 30.3 Å². The Labute approximate surface area is 147 Å². The molecule has 1 atom stereocenters. The number of esters is 1. The van der Waals surface area contributed by atoms with Gasteiger partial charge in [-0.25, -0.2) is 4.79 Å². The van der Waals surface area contributed by atoms with Crippen molar-refractivity contribution in [1.82, 2.24) is 0 Å². The standard InChI is InChI=1S/C19H22N2O4/c1-13(19(23)25-12-15-7-5-4-6-8-15)20-17-11-16(21-14(2)22)9-10-18(17)24-3/h4-11,13,20H,12H2,1-3H3,(H,21,22). The Kier molecular flexibility index (Phi) is 6.39. The van der Waals surface area contributed by atoms with Crippen LogP contribution in [-0.2, 0) is 20.9 Å². The lowest BCUT2D eigenvalue weighted by Crippen LogP contribution is -2.28. The Morgan fingerprint density at radius 1 is 1.12 bits per heavy atom. The van der Waals surface area contributed by atoms with Gasteiger partial charge in [-0.1, -0.05) is 30.3 Å². The maximum atomic E-state index is 12.2. The molecule has 0 heterocycles. The molecule has 0 saturated heterocycles. The molecule has 2 aromatic rings. The van der Waals surface area contributed by atoms with Crippen molar-refractivity contribution >= 4 is 23.3 Å². The first-order valence-electron chi connectivity index (χ1n) is 7.92. The van der Waals surface area contributed by atoms with Crippen LogP contribution in [0.4, 0.5) is 11.4 Å². The Bertz CT molecular complexity index is 731. The highest BCUT2D eigenvalue weighted by atomic mass is 16.5. The largest absolute Gasteiger partial charge is 0.495 e. The van der Waals surface area contributed by atoms with E-state index in [2.05, 4.69) is 10.6 Å². The van der Waals surface area contributed by atoms with Gasteiger partial charge < -0.3 is 20.1 Å². The van der Waals surface area contributed by atoms with Gasteiger partial charge in [0.25, 0.3) is 0 Å². The fraction of sp³-hybridized carbons (Fsp3) is 0.263. The van der Waals surface area contributed by atoms with E-state index in [1.165, 1.54) is 14.0 Å². The van der Waals surface area contributed by atoms with Crippen molar-refractivity contribution in [2.24, 2.45) is 0 Å². The summed E-state index contributed by atoms with van der Waals surface area (Å²) in [4.78, 5) is 23.4. The monoisotopic (exact) mass is 342 g/mol. The number of carbonyl (C=O) groups excluding carboxylic acids is 2. The molecule has 2 aromatic carbocycles. The molecule has 0 bridgehead atoms. The molecule has 2 rings (SSSR count). The zero-order chi connectivity index (χ0) is 18.2. The SMILES string of the molecule is COc1ccc(NC(C)=O)cc1NC(C)C(=O)OCc1ccccc1. The molecule has 0 aliphatic rings. The molecule has 0 fully saturated rings. The molecule has 1 amide bonds. The van der Waals surface area contributed by atoms with E-state index in [0.717, 1.165) is 5.56 Å². The lowest BCUT2D eigenvalue weighted by Gasteiger charge is -2.18. The van der Waals surface area contributed by atoms with Crippen LogP contribution in [0.25, 0.3) is 0 Å². The Morgan fingerprint density at radius 2 is 1.84 bits per heavy atom. The lowest BCUT2D eigenvalue weighted by atomic mass is 10.2. The van der Waals surface area contributed by atoms with E-state index in [9.17, 15) is 9.59 Å². The van der Waals surface area contributed by atoms with Crippen molar-refractivity contribution in [2.45, 2.75) is 26.5 Å². The summed E-state index contributed by atoms with van der Waals surface area (Å²) in [5, 5.41) is 5.76. The lowest BCUT2D eigenvalue weighted by molar-refractivity contribution is -0.145. The molecule has 0 radical (unpaired) electrons. The molecule has 2 N–H and O–H groups in total. The van der Waals surface area contributed by atoms with Crippen molar-refractivity contribution in [3.8, 4) is 5.75 Å². The minimum atomic E-state index is -0.579. The number of anilines is 2. The summed E-state index contributed by atoms with van der Waals surface area (Å²) in [7, 11) is 1.54. The van der Waals surface area contributed by atoms with Gasteiger partial charge in [-0.05, 0) is 30.7 Å². The number of hydrogen-bond donors (Lipinski definition) is 2. The molecule has 0 saturated carbocycles. The topological polar surface area (TPSA) is 76.7 Å². The van der Waals surface area contributed by atoms with Crippen molar-refractivity contribution in [2.75, 3.05) is 17.7 Å². The summed E-state index contributed by atoms with van der Waals surface area (Å²) >= 11 is 0. The zero-order valence-electron chi connectivity index (χ0n) is 14.5. The van der Waals surface area contributed by atoms with Gasteiger partial charge in [0.2, 0.25) is 5.91 Å². The van der Waals surface area contributed by atoms with Gasteiger partial charge in [-0.2, -0.15) is 0 Å². The number of amides is 1. The minimum absolute atomic E-state index is 0.175. The number of hydrogen-bond acceptors (Lipinski definition) is 5. The van der Waals surface area contributed by atoms with E-state index in [-0.39, 0.29) is 18.5 Å². The van der Waals surface area contributed by atoms with Crippen molar-refractivity contribution in [1.29, 1.82) is 0 Å². The summed E-state index contributed by atoms with van der Waals surface area (Å²) < 4.78 is 10.6. The van der Waals surface area contributed by atoms with Crippen LogP contribution in [-0.4, -0.2) is 25.0 Å². The van der Waals surface area contributed by atoms with E-state index >= 15 is 0 Å². The average Bonchev–Trinajstić information content (AvgIpc) is 2.60. The number of methoxy groups -OCH3 is 1. The third-order valence-electron chi connectivity index (χ3n) is 3.47. The molecule has 0 aromatic heterocycles. The maximum Gasteiger partial charge on any atom is 0.328 e. The fourth-order valence-electron chi connectivity index (χ4n) is 2.25. The van der Waals surface area contributed by atoms with Gasteiger partial charge in [0.1, 0.15) is 18.4 Å². The highest BCUT2D eigenvalue weighted by Gasteiger charge is 2.17. The molecule has 132 valence electrons. The van der Waals surface area contributed by atoms with Crippen molar-refractivity contribution in [3.05, 3.63) is 54.1 Å². The molecule has 1 unspecified atom stereocenters. The molecular formula is C19H22N2O4. The summed E-state index contributed by atoms with van der Waals surface area (Å²) in [6, 6.07) is 14.1. The van der Waals surface area contributed by atoms with Gasteiger partial charge in [0, 0.05) is 12.6 Å². The summed E-state index contributed by atoms with van der Waals surface area (Å²) in [5.41, 5.74) is 2.13. The maximum absolute atomic E-state index is 12.2. The highest BCUT2D eigenvalue weighted by molar-refractivity contribution is 5.90. The molecule has 6 nitrogen and oxygen atoms in total. The Balaban J connectivity index is 2.01. The van der Waals surface area contributed by atoms with Crippen LogP contribution in [0.2, 0.25) is 0 Å². The van der Waals surface area contributed by atoms with Crippen LogP contribution in [0.3, 0.4) is 0 Å². The number of benzene rings is 2. The Hall–Kier alpha value is -3.02. The second-order valence-corrected chi connectivity index (χ2v) is 5.56. The predicted octanol–water partition coefficient (Wildman–Crippen LogP) is 3.20. The van der Waals surface area contributed by atoms with E-state index < -0.39 is 6.04 Å². The smallest absolute Gasteiger partial charge is 0.328 e. The zero-order valence-corrected chi connectivity index (χ0v) is 14.5. The van der Waals surface area contributed by atoms with E-state index in [1.54, 1.807) is 25.1 Å². The van der Waals surface area contributed by atoms with Crippen LogP contribution in [0.5, 0.6) is 5.75 Å². The summed E-state index contributed by atoms with van der Waals surface area (Å²) in [5.74, 6) is 0.0130. The average molecular weight is 342 g/mol. The van der Waals surface area contributed by atoms with Crippen LogP contribution in [0.15, 0.2) is 48.5 Å². The Morgan fingerprint density at radius 3 is 2.48 bits per heavy atom. The number of carbonyl (C=O) groups is 2. The molecule has 0 aliphatic heterocycles. The van der Waals surface area contributed by atoms with Crippen LogP contribution >= 0.6 is 0 Å². The van der Waals surface area contributed by atoms with Gasteiger partial charge >= 0.3 is 5.97 Å². The van der Waals surface area contributed by atoms with Crippen LogP contribution in [0, 0.1) is 0 Å². The molecule has 0 spiro atoms. The van der Waals surface area contributed by atoms with E-state index in [4.69, 9.17) is 9.47 Å². The summed E-state index contributed by atoms with van der Waals surface area (Å²) in [6.45, 7) is 3.35. The van der Waals surface area contributed by atoms with Gasteiger partial charge in [0.05, 0.1) is 12.8 Å². The molecule has 0 aliphatic carbocycles. The predicted molar refractivity (Wildman–Crippen MR) is 96.6 cm³/mol. The highest BCUT2D eigenvalue weighted by Crippen LogP contribution is 2.28. The molecule has 25 heavy (non-hydrogen) atoms. The fourth-order valence-corrected chi connectivity index (χ4v) is 2.25. The number of ether oxygens (including phenoxy) is 2.